The van der Waals surface area contributed by atoms with Gasteiger partial charge in [-0.25, -0.2) is 0 Å². The van der Waals surface area contributed by atoms with E-state index in [4.69, 9.17) is 4.74 Å². The molecule has 0 radical (unpaired) electrons. The molecule has 1 aliphatic rings. The van der Waals surface area contributed by atoms with Gasteiger partial charge in [-0.1, -0.05) is 70.2 Å². The highest BCUT2D eigenvalue weighted by molar-refractivity contribution is 5.79. The predicted molar refractivity (Wildman–Crippen MR) is 119 cm³/mol. The third-order valence-corrected chi connectivity index (χ3v) is 6.62. The number of rotatable bonds is 11. The van der Waals surface area contributed by atoms with Crippen LogP contribution >= 0.6 is 0 Å². The molecule has 0 amide bonds. The van der Waals surface area contributed by atoms with Crippen LogP contribution in [0.15, 0.2) is 24.3 Å². The molecule has 1 aromatic carbocycles. The van der Waals surface area contributed by atoms with Gasteiger partial charge in [0, 0.05) is 0 Å². The summed E-state index contributed by atoms with van der Waals surface area (Å²) in [6.07, 6.45) is 13.6. The van der Waals surface area contributed by atoms with Gasteiger partial charge < -0.3 is 4.74 Å². The van der Waals surface area contributed by atoms with Gasteiger partial charge in [0.1, 0.15) is 6.10 Å². The molecule has 1 aromatic rings. The molecular weight excluding hydrogens is 358 g/mol. The van der Waals surface area contributed by atoms with Gasteiger partial charge in [0.05, 0.1) is 6.07 Å². The lowest BCUT2D eigenvalue weighted by molar-refractivity contribution is -0.159. The standard InChI is InChI=1S/C26H39NO2/c1-4-6-7-8-9-10-11-21-12-14-22(15-13-21)23-16-18-24(19-17-23)29-25(28)26(3,5-2)20-27/h12-15,23-24H,4-11,16-19H2,1-3H3. The normalized spacial score (nSPS) is 21.2. The van der Waals surface area contributed by atoms with Crippen molar-refractivity contribution in [2.75, 3.05) is 0 Å². The lowest BCUT2D eigenvalue weighted by Crippen LogP contribution is -2.33. The van der Waals surface area contributed by atoms with Crippen LogP contribution in [0.3, 0.4) is 0 Å². The average molecular weight is 398 g/mol. The summed E-state index contributed by atoms with van der Waals surface area (Å²) in [6.45, 7) is 5.79. The molecule has 1 fully saturated rings. The first-order valence-corrected chi connectivity index (χ1v) is 11.7. The fraction of sp³-hybridized carbons (Fsp3) is 0.692. The molecule has 0 bridgehead atoms. The Labute approximate surface area is 177 Å². The Morgan fingerprint density at radius 1 is 1.03 bits per heavy atom. The van der Waals surface area contributed by atoms with Crippen molar-refractivity contribution >= 4 is 5.97 Å². The van der Waals surface area contributed by atoms with Gasteiger partial charge in [-0.2, -0.15) is 5.26 Å². The molecule has 0 saturated heterocycles. The summed E-state index contributed by atoms with van der Waals surface area (Å²) in [7, 11) is 0. The van der Waals surface area contributed by atoms with Crippen molar-refractivity contribution in [1.29, 1.82) is 5.26 Å². The molecule has 29 heavy (non-hydrogen) atoms. The number of unbranched alkanes of at least 4 members (excludes halogenated alkanes) is 5. The van der Waals surface area contributed by atoms with Crippen LogP contribution in [0.2, 0.25) is 0 Å². The monoisotopic (exact) mass is 397 g/mol. The van der Waals surface area contributed by atoms with Crippen molar-refractivity contribution in [2.45, 2.75) is 110 Å². The highest BCUT2D eigenvalue weighted by Gasteiger charge is 2.35. The zero-order valence-electron chi connectivity index (χ0n) is 18.7. The van der Waals surface area contributed by atoms with E-state index in [-0.39, 0.29) is 12.1 Å². The third-order valence-electron chi connectivity index (χ3n) is 6.62. The number of benzene rings is 1. The largest absolute Gasteiger partial charge is 0.461 e. The number of carbonyl (C=O) groups excluding carboxylic acids is 1. The fourth-order valence-corrected chi connectivity index (χ4v) is 4.13. The molecule has 0 aromatic heterocycles. The van der Waals surface area contributed by atoms with Crippen LogP contribution in [0.5, 0.6) is 0 Å². The maximum atomic E-state index is 12.3. The zero-order chi connectivity index (χ0) is 21.1. The number of carbonyl (C=O) groups is 1. The Balaban J connectivity index is 1.74. The maximum Gasteiger partial charge on any atom is 0.326 e. The molecule has 0 aliphatic heterocycles. The van der Waals surface area contributed by atoms with Crippen LogP contribution in [-0.2, 0) is 16.0 Å². The lowest BCUT2D eigenvalue weighted by atomic mass is 9.82. The molecule has 0 N–H and O–H groups in total. The van der Waals surface area contributed by atoms with E-state index in [0.29, 0.717) is 12.3 Å². The minimum atomic E-state index is -1.01. The smallest absolute Gasteiger partial charge is 0.326 e. The Morgan fingerprint density at radius 3 is 2.24 bits per heavy atom. The van der Waals surface area contributed by atoms with Crippen molar-refractivity contribution in [2.24, 2.45) is 5.41 Å². The van der Waals surface area contributed by atoms with Crippen LogP contribution in [-0.4, -0.2) is 12.1 Å². The van der Waals surface area contributed by atoms with E-state index < -0.39 is 5.41 Å². The van der Waals surface area contributed by atoms with Gasteiger partial charge in [-0.05, 0) is 68.9 Å². The third kappa shape index (κ3) is 7.18. The van der Waals surface area contributed by atoms with Crippen LogP contribution < -0.4 is 0 Å². The van der Waals surface area contributed by atoms with Crippen LogP contribution in [0, 0.1) is 16.7 Å². The summed E-state index contributed by atoms with van der Waals surface area (Å²) in [4.78, 5) is 12.3. The molecule has 2 rings (SSSR count). The molecule has 3 heteroatoms. The van der Waals surface area contributed by atoms with Gasteiger partial charge in [-0.3, -0.25) is 4.79 Å². The zero-order valence-corrected chi connectivity index (χ0v) is 18.7. The topological polar surface area (TPSA) is 50.1 Å². The van der Waals surface area contributed by atoms with Crippen molar-refractivity contribution in [3.63, 3.8) is 0 Å². The molecule has 1 atom stereocenters. The lowest BCUT2D eigenvalue weighted by Gasteiger charge is -2.30. The Kier molecular flexibility index (Phi) is 9.71. The summed E-state index contributed by atoms with van der Waals surface area (Å²) in [5.74, 6) is 0.201. The first-order valence-electron chi connectivity index (χ1n) is 11.7. The summed E-state index contributed by atoms with van der Waals surface area (Å²) in [6, 6.07) is 11.3. The molecule has 1 aliphatic carbocycles. The molecule has 0 spiro atoms. The Bertz CT molecular complexity index is 652. The van der Waals surface area contributed by atoms with E-state index in [0.717, 1.165) is 25.7 Å². The predicted octanol–water partition coefficient (Wildman–Crippen LogP) is 7.10. The van der Waals surface area contributed by atoms with Crippen molar-refractivity contribution in [1.82, 2.24) is 0 Å². The first kappa shape index (κ1) is 23.5. The van der Waals surface area contributed by atoms with E-state index in [1.807, 2.05) is 6.92 Å². The number of nitrogens with zero attached hydrogens (tertiary/aromatic N) is 1. The van der Waals surface area contributed by atoms with E-state index >= 15 is 0 Å². The number of hydrogen-bond acceptors (Lipinski definition) is 3. The number of ether oxygens (including phenoxy) is 1. The SMILES string of the molecule is CCCCCCCCc1ccc(C2CCC(OC(=O)C(C)(C#N)CC)CC2)cc1. The highest BCUT2D eigenvalue weighted by atomic mass is 16.5. The molecule has 160 valence electrons. The second-order valence-corrected chi connectivity index (χ2v) is 8.94. The van der Waals surface area contributed by atoms with Crippen molar-refractivity contribution in [3.8, 4) is 6.07 Å². The second-order valence-electron chi connectivity index (χ2n) is 8.94. The van der Waals surface area contributed by atoms with Gasteiger partial charge in [0.2, 0.25) is 0 Å². The Morgan fingerprint density at radius 2 is 1.66 bits per heavy atom. The Hall–Kier alpha value is -1.82. The minimum Gasteiger partial charge on any atom is -0.461 e. The molecule has 3 nitrogen and oxygen atoms in total. The molecular formula is C26H39NO2. The van der Waals surface area contributed by atoms with Crippen molar-refractivity contribution < 1.29 is 9.53 Å². The van der Waals surface area contributed by atoms with Crippen molar-refractivity contribution in [3.05, 3.63) is 35.4 Å². The van der Waals surface area contributed by atoms with Crippen LogP contribution in [0.25, 0.3) is 0 Å². The number of hydrogen-bond donors (Lipinski definition) is 0. The van der Waals surface area contributed by atoms with E-state index in [2.05, 4.69) is 37.3 Å². The van der Waals surface area contributed by atoms with Crippen LogP contribution in [0.4, 0.5) is 0 Å². The highest BCUT2D eigenvalue weighted by Crippen LogP contribution is 2.35. The first-order chi connectivity index (χ1) is 14.0. The van der Waals surface area contributed by atoms with E-state index in [1.165, 1.54) is 56.1 Å². The van der Waals surface area contributed by atoms with Gasteiger partial charge >= 0.3 is 5.97 Å². The molecule has 1 unspecified atom stereocenters. The summed E-state index contributed by atoms with van der Waals surface area (Å²) < 4.78 is 5.66. The number of esters is 1. The second kappa shape index (κ2) is 12.0. The van der Waals surface area contributed by atoms with E-state index in [9.17, 15) is 10.1 Å². The fourth-order valence-electron chi connectivity index (χ4n) is 4.13. The number of nitriles is 1. The summed E-state index contributed by atoms with van der Waals surface area (Å²) in [5.41, 5.74) is 1.85. The van der Waals surface area contributed by atoms with Gasteiger partial charge in [0.15, 0.2) is 5.41 Å². The average Bonchev–Trinajstić information content (AvgIpc) is 2.76. The summed E-state index contributed by atoms with van der Waals surface area (Å²) in [5, 5.41) is 9.25. The summed E-state index contributed by atoms with van der Waals surface area (Å²) >= 11 is 0. The van der Waals surface area contributed by atoms with Crippen LogP contribution in [0.1, 0.15) is 108 Å². The molecule has 1 saturated carbocycles. The number of aryl methyl sites for hydroxylation is 1. The van der Waals surface area contributed by atoms with Gasteiger partial charge in [0.25, 0.3) is 0 Å². The van der Waals surface area contributed by atoms with Gasteiger partial charge in [-0.15, -0.1) is 0 Å². The minimum absolute atomic E-state index is 0.0371. The molecule has 0 heterocycles. The van der Waals surface area contributed by atoms with E-state index in [1.54, 1.807) is 6.92 Å². The maximum absolute atomic E-state index is 12.3. The quantitative estimate of drug-likeness (QED) is 0.295.